The summed E-state index contributed by atoms with van der Waals surface area (Å²) in [7, 11) is 6.80. The van der Waals surface area contributed by atoms with E-state index in [0.717, 1.165) is 28.8 Å². The number of nitrogens with zero attached hydrogens (tertiary/aromatic N) is 1. The summed E-state index contributed by atoms with van der Waals surface area (Å²) >= 11 is 0. The normalized spacial score (nSPS) is 15.1. The van der Waals surface area contributed by atoms with Crippen LogP contribution < -0.4 is 9.47 Å². The maximum Gasteiger partial charge on any atom is 0.161 e. The third-order valence-corrected chi connectivity index (χ3v) is 4.67. The fourth-order valence-electron chi connectivity index (χ4n) is 3.41. The predicted octanol–water partition coefficient (Wildman–Crippen LogP) is 4.23. The van der Waals surface area contributed by atoms with Gasteiger partial charge in [-0.05, 0) is 36.6 Å². The summed E-state index contributed by atoms with van der Waals surface area (Å²) in [5, 5.41) is 0. The fraction of sp³-hybridized carbons (Fsp3) is 0.429. The highest BCUT2D eigenvalue weighted by molar-refractivity contribution is 5.44. The summed E-state index contributed by atoms with van der Waals surface area (Å²) in [4.78, 5) is 0. The molecule has 1 aliphatic heterocycles. The Hall–Kier alpha value is -2.00. The molecule has 0 amide bonds. The van der Waals surface area contributed by atoms with Crippen LogP contribution in [0, 0.1) is 0 Å². The van der Waals surface area contributed by atoms with Gasteiger partial charge in [-0.3, -0.25) is 0 Å². The van der Waals surface area contributed by atoms with Crippen molar-refractivity contribution >= 4 is 0 Å². The van der Waals surface area contributed by atoms with E-state index in [1.54, 1.807) is 0 Å². The smallest absolute Gasteiger partial charge is 0.161 e. The molecule has 1 aliphatic rings. The minimum Gasteiger partial charge on any atom is -0.486 e. The molecule has 0 spiro atoms. The third kappa shape index (κ3) is 4.09. The Morgan fingerprint density at radius 1 is 0.917 bits per heavy atom. The SMILES string of the molecule is C[N+](C)(C)C(CCCc1ccccc1)c1ccc2c(c1)OCCO2. The van der Waals surface area contributed by atoms with Crippen molar-refractivity contribution in [2.24, 2.45) is 0 Å². The van der Waals surface area contributed by atoms with Crippen molar-refractivity contribution < 1.29 is 14.0 Å². The average Bonchev–Trinajstić information content (AvgIpc) is 2.58. The lowest BCUT2D eigenvalue weighted by atomic mass is 9.96. The second kappa shape index (κ2) is 7.27. The molecule has 2 aromatic rings. The summed E-state index contributed by atoms with van der Waals surface area (Å²) in [6.07, 6.45) is 3.46. The molecule has 0 N–H and O–H groups in total. The Balaban J connectivity index is 1.72. The minimum absolute atomic E-state index is 0.449. The Kier molecular flexibility index (Phi) is 5.10. The van der Waals surface area contributed by atoms with Crippen LogP contribution >= 0.6 is 0 Å². The first-order valence-electron chi connectivity index (χ1n) is 8.78. The maximum absolute atomic E-state index is 5.77. The molecule has 24 heavy (non-hydrogen) atoms. The molecule has 0 saturated carbocycles. The Morgan fingerprint density at radius 3 is 2.33 bits per heavy atom. The molecule has 0 radical (unpaired) electrons. The first-order chi connectivity index (χ1) is 11.5. The second-order valence-corrected chi connectivity index (χ2v) is 7.41. The van der Waals surface area contributed by atoms with Gasteiger partial charge in [0.05, 0.1) is 21.1 Å². The summed E-state index contributed by atoms with van der Waals surface area (Å²) in [5.41, 5.74) is 2.75. The minimum atomic E-state index is 0.449. The van der Waals surface area contributed by atoms with Gasteiger partial charge in [0.1, 0.15) is 19.3 Å². The van der Waals surface area contributed by atoms with Gasteiger partial charge >= 0.3 is 0 Å². The lowest BCUT2D eigenvalue weighted by molar-refractivity contribution is -0.902. The lowest BCUT2D eigenvalue weighted by Gasteiger charge is -2.35. The van der Waals surface area contributed by atoms with Gasteiger partial charge in [-0.25, -0.2) is 0 Å². The number of rotatable bonds is 6. The Morgan fingerprint density at radius 2 is 1.62 bits per heavy atom. The van der Waals surface area contributed by atoms with Crippen LogP contribution in [-0.2, 0) is 6.42 Å². The third-order valence-electron chi connectivity index (χ3n) is 4.67. The number of hydrogen-bond acceptors (Lipinski definition) is 2. The fourth-order valence-corrected chi connectivity index (χ4v) is 3.41. The van der Waals surface area contributed by atoms with E-state index >= 15 is 0 Å². The van der Waals surface area contributed by atoms with E-state index in [1.165, 1.54) is 17.5 Å². The van der Waals surface area contributed by atoms with Gasteiger partial charge in [0.2, 0.25) is 0 Å². The van der Waals surface area contributed by atoms with E-state index in [-0.39, 0.29) is 0 Å². The summed E-state index contributed by atoms with van der Waals surface area (Å²) < 4.78 is 12.3. The van der Waals surface area contributed by atoms with Crippen molar-refractivity contribution in [1.29, 1.82) is 0 Å². The van der Waals surface area contributed by atoms with Crippen LogP contribution in [0.15, 0.2) is 48.5 Å². The molecule has 128 valence electrons. The van der Waals surface area contributed by atoms with Crippen molar-refractivity contribution in [3.05, 3.63) is 59.7 Å². The summed E-state index contributed by atoms with van der Waals surface area (Å²) in [6.45, 7) is 1.28. The highest BCUT2D eigenvalue weighted by Gasteiger charge is 2.27. The number of fused-ring (bicyclic) bond motifs is 1. The average molecular weight is 326 g/mol. The quantitative estimate of drug-likeness (QED) is 0.740. The van der Waals surface area contributed by atoms with Gasteiger partial charge in [0.15, 0.2) is 11.5 Å². The van der Waals surface area contributed by atoms with Gasteiger partial charge in [0, 0.05) is 12.0 Å². The molecule has 0 aliphatic carbocycles. The molecule has 3 heteroatoms. The number of benzene rings is 2. The van der Waals surface area contributed by atoms with E-state index in [9.17, 15) is 0 Å². The molecule has 0 aromatic heterocycles. The predicted molar refractivity (Wildman–Crippen MR) is 97.6 cm³/mol. The molecule has 3 nitrogen and oxygen atoms in total. The van der Waals surface area contributed by atoms with Gasteiger partial charge in [-0.1, -0.05) is 30.3 Å². The lowest BCUT2D eigenvalue weighted by Crippen LogP contribution is -2.39. The zero-order valence-electron chi connectivity index (χ0n) is 15.0. The maximum atomic E-state index is 5.77. The first kappa shape index (κ1) is 16.8. The Labute approximate surface area is 145 Å². The molecule has 2 aromatic carbocycles. The van der Waals surface area contributed by atoms with Crippen LogP contribution in [-0.4, -0.2) is 38.8 Å². The van der Waals surface area contributed by atoms with E-state index in [2.05, 4.69) is 69.7 Å². The molecule has 0 fully saturated rings. The van der Waals surface area contributed by atoms with Crippen LogP contribution in [0.5, 0.6) is 11.5 Å². The first-order valence-corrected chi connectivity index (χ1v) is 8.78. The molecule has 1 unspecified atom stereocenters. The molecule has 0 saturated heterocycles. The van der Waals surface area contributed by atoms with Crippen molar-refractivity contribution in [3.8, 4) is 11.5 Å². The molecular formula is C21H28NO2+. The summed E-state index contributed by atoms with van der Waals surface area (Å²) in [5.74, 6) is 1.76. The number of quaternary nitrogens is 1. The van der Waals surface area contributed by atoms with Crippen LogP contribution in [0.25, 0.3) is 0 Å². The molecule has 0 bridgehead atoms. The topological polar surface area (TPSA) is 18.5 Å². The highest BCUT2D eigenvalue weighted by Crippen LogP contribution is 2.36. The zero-order valence-corrected chi connectivity index (χ0v) is 15.0. The number of ether oxygens (including phenoxy) is 2. The second-order valence-electron chi connectivity index (χ2n) is 7.41. The van der Waals surface area contributed by atoms with Crippen molar-refractivity contribution in [2.45, 2.75) is 25.3 Å². The largest absolute Gasteiger partial charge is 0.486 e. The van der Waals surface area contributed by atoms with Gasteiger partial charge in [0.25, 0.3) is 0 Å². The summed E-state index contributed by atoms with van der Waals surface area (Å²) in [6, 6.07) is 17.6. The van der Waals surface area contributed by atoms with Crippen molar-refractivity contribution in [1.82, 2.24) is 0 Å². The van der Waals surface area contributed by atoms with Crippen molar-refractivity contribution in [3.63, 3.8) is 0 Å². The van der Waals surface area contributed by atoms with E-state index in [0.29, 0.717) is 19.3 Å². The molecule has 3 rings (SSSR count). The molecule has 1 atom stereocenters. The van der Waals surface area contributed by atoms with Crippen LogP contribution in [0.3, 0.4) is 0 Å². The molecule has 1 heterocycles. The van der Waals surface area contributed by atoms with Crippen LogP contribution in [0.4, 0.5) is 0 Å². The van der Waals surface area contributed by atoms with Crippen LogP contribution in [0.2, 0.25) is 0 Å². The Bertz CT molecular complexity index is 661. The zero-order chi connectivity index (χ0) is 17.0. The van der Waals surface area contributed by atoms with E-state index < -0.39 is 0 Å². The number of hydrogen-bond donors (Lipinski definition) is 0. The van der Waals surface area contributed by atoms with Gasteiger partial charge in [-0.2, -0.15) is 0 Å². The van der Waals surface area contributed by atoms with Crippen LogP contribution in [0.1, 0.15) is 30.0 Å². The highest BCUT2D eigenvalue weighted by atomic mass is 16.6. The molecular weight excluding hydrogens is 298 g/mol. The van der Waals surface area contributed by atoms with E-state index in [1.807, 2.05) is 0 Å². The van der Waals surface area contributed by atoms with Gasteiger partial charge < -0.3 is 14.0 Å². The van der Waals surface area contributed by atoms with E-state index in [4.69, 9.17) is 9.47 Å². The standard InChI is InChI=1S/C21H28NO2/c1-22(2,3)19(11-7-10-17-8-5-4-6-9-17)18-12-13-20-21(16-18)24-15-14-23-20/h4-6,8-9,12-13,16,19H,7,10-11,14-15H2,1-3H3/q+1. The number of aryl methyl sites for hydroxylation is 1. The monoisotopic (exact) mass is 326 g/mol. The van der Waals surface area contributed by atoms with Crippen molar-refractivity contribution in [2.75, 3.05) is 34.4 Å². The van der Waals surface area contributed by atoms with Gasteiger partial charge in [-0.15, -0.1) is 0 Å².